The minimum atomic E-state index is -0.0750. The maximum absolute atomic E-state index is 13.4. The summed E-state index contributed by atoms with van der Waals surface area (Å²) in [5.41, 5.74) is 4.68. The maximum atomic E-state index is 13.4. The average molecular weight is 503 g/mol. The van der Waals surface area contributed by atoms with Crippen molar-refractivity contribution in [2.45, 2.75) is 32.6 Å². The van der Waals surface area contributed by atoms with Gasteiger partial charge >= 0.3 is 0 Å². The molecule has 2 heterocycles. The van der Waals surface area contributed by atoms with Crippen molar-refractivity contribution in [1.29, 1.82) is 0 Å². The Morgan fingerprint density at radius 3 is 2.49 bits per heavy atom. The van der Waals surface area contributed by atoms with E-state index in [9.17, 15) is 9.59 Å². The lowest BCUT2D eigenvalue weighted by atomic mass is 9.99. The van der Waals surface area contributed by atoms with Crippen LogP contribution in [-0.2, 0) is 9.53 Å². The van der Waals surface area contributed by atoms with Crippen molar-refractivity contribution in [2.24, 2.45) is 21.2 Å². The van der Waals surface area contributed by atoms with Gasteiger partial charge in [-0.15, -0.1) is 5.11 Å². The number of nitrogens with zero attached hydrogens (tertiary/aromatic N) is 5. The molecule has 2 aliphatic rings. The molecule has 2 amide bonds. The van der Waals surface area contributed by atoms with Gasteiger partial charge < -0.3 is 20.4 Å². The predicted molar refractivity (Wildman–Crippen MR) is 144 cm³/mol. The highest BCUT2D eigenvalue weighted by Gasteiger charge is 2.23. The van der Waals surface area contributed by atoms with Crippen LogP contribution in [0, 0.1) is 0 Å². The summed E-state index contributed by atoms with van der Waals surface area (Å²) < 4.78 is 5.19. The lowest BCUT2D eigenvalue weighted by molar-refractivity contribution is -0.127. The number of likely N-dealkylation sites (tertiary alicyclic amines) is 1. The molecule has 0 radical (unpaired) electrons. The first-order chi connectivity index (χ1) is 18.0. The van der Waals surface area contributed by atoms with Gasteiger partial charge in [-0.3, -0.25) is 9.59 Å². The molecular weight excluding hydrogens is 468 g/mol. The van der Waals surface area contributed by atoms with Crippen molar-refractivity contribution < 1.29 is 14.3 Å². The van der Waals surface area contributed by atoms with Crippen LogP contribution in [0.3, 0.4) is 0 Å². The number of rotatable bonds is 8. The SMILES string of the molecule is CCCN(CCOC)C(=O)C1=Cc2ccc(-c3ccc(C(=O)N4CCCC4)cc3)cc2N=C(N=NN)C1. The Morgan fingerprint density at radius 1 is 1.08 bits per heavy atom. The van der Waals surface area contributed by atoms with E-state index >= 15 is 0 Å². The first kappa shape index (κ1) is 26.2. The zero-order valence-corrected chi connectivity index (χ0v) is 21.5. The number of carbonyl (C=O) groups is 2. The van der Waals surface area contributed by atoms with E-state index < -0.39 is 0 Å². The molecular formula is C28H34N6O3. The van der Waals surface area contributed by atoms with E-state index in [1.54, 1.807) is 12.0 Å². The van der Waals surface area contributed by atoms with E-state index in [2.05, 4.69) is 15.3 Å². The van der Waals surface area contributed by atoms with Gasteiger partial charge in [0.15, 0.2) is 5.84 Å². The van der Waals surface area contributed by atoms with Gasteiger partial charge in [-0.1, -0.05) is 36.4 Å². The molecule has 4 rings (SSSR count). The van der Waals surface area contributed by atoms with Gasteiger partial charge in [-0.25, -0.2) is 4.99 Å². The normalized spacial score (nSPS) is 15.2. The van der Waals surface area contributed by atoms with Crippen molar-refractivity contribution in [3.63, 3.8) is 0 Å². The Hall–Kier alpha value is -3.85. The minimum absolute atomic E-state index is 0.0750. The molecule has 0 bridgehead atoms. The number of ether oxygens (including phenoxy) is 1. The van der Waals surface area contributed by atoms with Crippen LogP contribution in [0.5, 0.6) is 0 Å². The molecule has 0 spiro atoms. The van der Waals surface area contributed by atoms with Crippen LogP contribution >= 0.6 is 0 Å². The third-order valence-corrected chi connectivity index (χ3v) is 6.61. The largest absolute Gasteiger partial charge is 0.383 e. The fourth-order valence-electron chi connectivity index (χ4n) is 4.69. The topological polar surface area (TPSA) is 113 Å². The van der Waals surface area contributed by atoms with Crippen molar-refractivity contribution in [1.82, 2.24) is 9.80 Å². The van der Waals surface area contributed by atoms with E-state index in [4.69, 9.17) is 10.6 Å². The lowest BCUT2D eigenvalue weighted by Gasteiger charge is -2.23. The molecule has 9 heteroatoms. The summed E-state index contributed by atoms with van der Waals surface area (Å²) in [6, 6.07) is 13.6. The maximum Gasteiger partial charge on any atom is 0.253 e. The predicted octanol–water partition coefficient (Wildman–Crippen LogP) is 4.62. The molecule has 0 unspecified atom stereocenters. The van der Waals surface area contributed by atoms with E-state index in [0.29, 0.717) is 42.4 Å². The number of methoxy groups -OCH3 is 1. The summed E-state index contributed by atoms with van der Waals surface area (Å²) in [4.78, 5) is 34.5. The summed E-state index contributed by atoms with van der Waals surface area (Å²) in [6.45, 7) is 5.29. The average Bonchev–Trinajstić information content (AvgIpc) is 3.39. The molecule has 0 saturated carbocycles. The molecule has 37 heavy (non-hydrogen) atoms. The van der Waals surface area contributed by atoms with Crippen LogP contribution in [0.15, 0.2) is 63.4 Å². The van der Waals surface area contributed by atoms with Crippen LogP contribution in [0.25, 0.3) is 17.2 Å². The number of benzene rings is 2. The highest BCUT2D eigenvalue weighted by atomic mass is 16.5. The molecule has 2 aliphatic heterocycles. The molecule has 0 aromatic heterocycles. The summed E-state index contributed by atoms with van der Waals surface area (Å²) in [5, 5.41) is 7.41. The first-order valence-electron chi connectivity index (χ1n) is 12.7. The third kappa shape index (κ3) is 6.29. The molecule has 1 fully saturated rings. The van der Waals surface area contributed by atoms with Crippen LogP contribution in [0.4, 0.5) is 5.69 Å². The second-order valence-corrected chi connectivity index (χ2v) is 9.23. The number of carbonyl (C=O) groups excluding carboxylic acids is 2. The highest BCUT2D eigenvalue weighted by Crippen LogP contribution is 2.33. The Kier molecular flexibility index (Phi) is 8.79. The number of amidine groups is 1. The van der Waals surface area contributed by atoms with Gasteiger partial charge in [0.1, 0.15) is 0 Å². The van der Waals surface area contributed by atoms with E-state index in [-0.39, 0.29) is 18.2 Å². The summed E-state index contributed by atoms with van der Waals surface area (Å²) >= 11 is 0. The van der Waals surface area contributed by atoms with Crippen molar-refractivity contribution in [2.75, 3.05) is 39.9 Å². The molecule has 0 atom stereocenters. The monoisotopic (exact) mass is 502 g/mol. The Labute approximate surface area is 217 Å². The lowest BCUT2D eigenvalue weighted by Crippen LogP contribution is -2.35. The number of aliphatic imine (C=N–C) groups is 1. The Morgan fingerprint density at radius 2 is 1.81 bits per heavy atom. The van der Waals surface area contributed by atoms with E-state index in [1.807, 2.05) is 60.4 Å². The zero-order valence-electron chi connectivity index (χ0n) is 21.5. The van der Waals surface area contributed by atoms with Crippen LogP contribution in [0.1, 0.15) is 48.5 Å². The van der Waals surface area contributed by atoms with Crippen molar-refractivity contribution in [3.05, 3.63) is 59.2 Å². The molecule has 194 valence electrons. The van der Waals surface area contributed by atoms with Gasteiger partial charge in [0.2, 0.25) is 5.91 Å². The summed E-state index contributed by atoms with van der Waals surface area (Å²) in [6.07, 6.45) is 5.07. The minimum Gasteiger partial charge on any atom is -0.383 e. The van der Waals surface area contributed by atoms with E-state index in [1.165, 1.54) is 0 Å². The van der Waals surface area contributed by atoms with Crippen LogP contribution in [-0.4, -0.2) is 67.3 Å². The summed E-state index contributed by atoms with van der Waals surface area (Å²) in [7, 11) is 1.62. The number of hydrogen-bond acceptors (Lipinski definition) is 6. The molecule has 0 aliphatic carbocycles. The Balaban J connectivity index is 1.63. The second-order valence-electron chi connectivity index (χ2n) is 9.23. The van der Waals surface area contributed by atoms with Crippen molar-refractivity contribution in [3.8, 4) is 11.1 Å². The van der Waals surface area contributed by atoms with Crippen molar-refractivity contribution >= 4 is 29.4 Å². The quantitative estimate of drug-likeness (QED) is 0.322. The van der Waals surface area contributed by atoms with Crippen LogP contribution in [0.2, 0.25) is 0 Å². The number of fused-ring (bicyclic) bond motifs is 1. The Bertz CT molecular complexity index is 1210. The third-order valence-electron chi connectivity index (χ3n) is 6.61. The molecule has 2 aromatic carbocycles. The van der Waals surface area contributed by atoms with Gasteiger partial charge in [-0.05, 0) is 54.7 Å². The molecule has 1 saturated heterocycles. The van der Waals surface area contributed by atoms with Gasteiger partial charge in [0, 0.05) is 56.4 Å². The molecule has 2 aromatic rings. The first-order valence-corrected chi connectivity index (χ1v) is 12.7. The molecule has 9 nitrogen and oxygen atoms in total. The fraction of sp³-hybridized carbons (Fsp3) is 0.393. The number of amides is 2. The number of nitrogens with two attached hydrogens (primary N) is 1. The zero-order chi connectivity index (χ0) is 26.2. The molecule has 2 N–H and O–H groups in total. The second kappa shape index (κ2) is 12.4. The highest BCUT2D eigenvalue weighted by molar-refractivity contribution is 6.06. The van der Waals surface area contributed by atoms with Gasteiger partial charge in [0.25, 0.3) is 5.91 Å². The standard InChI is InChI=1S/C28H34N6O3/c1-3-12-33(15-16-37-2)28(36)24-17-23-11-10-22(18-25(23)30-26(19-24)31-32-29)20-6-8-21(9-7-20)27(35)34-13-4-5-14-34/h6-11,17-18H,3-5,12-16,19H2,1-2H3,(H2,29,30,31). The van der Waals surface area contributed by atoms with Crippen LogP contribution < -0.4 is 5.84 Å². The smallest absolute Gasteiger partial charge is 0.253 e. The van der Waals surface area contributed by atoms with Gasteiger partial charge in [0.05, 0.1) is 12.3 Å². The summed E-state index contributed by atoms with van der Waals surface area (Å²) in [5.74, 6) is 5.72. The van der Waals surface area contributed by atoms with Gasteiger partial charge in [-0.2, -0.15) is 0 Å². The van der Waals surface area contributed by atoms with E-state index in [0.717, 1.165) is 49.0 Å². The number of hydrogen-bond donors (Lipinski definition) is 1. The fourth-order valence-corrected chi connectivity index (χ4v) is 4.69.